The summed E-state index contributed by atoms with van der Waals surface area (Å²) in [5.41, 5.74) is 1.86. The zero-order valence-corrected chi connectivity index (χ0v) is 28.3. The molecule has 1 atom stereocenters. The van der Waals surface area contributed by atoms with Gasteiger partial charge in [-0.2, -0.15) is 0 Å². The maximum atomic E-state index is 11.2. The Morgan fingerprint density at radius 2 is 1.00 bits per heavy atom. The molecule has 1 aromatic carbocycles. The summed E-state index contributed by atoms with van der Waals surface area (Å²) in [5, 5.41) is 28.1. The highest BCUT2D eigenvalue weighted by Gasteiger charge is 2.28. The minimum atomic E-state index is -1.15. The van der Waals surface area contributed by atoms with Crippen molar-refractivity contribution in [1.29, 1.82) is 0 Å². The average Bonchev–Trinajstić information content (AvgIpc) is 2.89. The Balaban J connectivity index is 0.000000803. The molecule has 244 valence electrons. The summed E-state index contributed by atoms with van der Waals surface area (Å²) >= 11 is 0. The van der Waals surface area contributed by atoms with Gasteiger partial charge in [0.05, 0.1) is 12.5 Å². The van der Waals surface area contributed by atoms with Crippen LogP contribution in [-0.4, -0.2) is 34.1 Å². The van der Waals surface area contributed by atoms with Crippen LogP contribution in [0.3, 0.4) is 0 Å². The molecule has 3 N–H and O–H groups in total. The molecule has 6 nitrogen and oxygen atoms in total. The Hall–Kier alpha value is -2.24. The number of aromatic hydroxyl groups is 1. The molecule has 0 bridgehead atoms. The first-order chi connectivity index (χ1) is 19.6. The van der Waals surface area contributed by atoms with E-state index in [-0.39, 0.29) is 16.6 Å². The maximum absolute atomic E-state index is 11.2. The van der Waals surface area contributed by atoms with Crippen LogP contribution in [-0.2, 0) is 20.4 Å². The quantitative estimate of drug-likeness (QED) is 0.109. The minimum Gasteiger partial charge on any atom is -0.507 e. The number of phenolic OH excluding ortho intramolecular Hbond substituents is 1. The molecule has 1 aromatic rings. The van der Waals surface area contributed by atoms with Gasteiger partial charge in [0.15, 0.2) is 0 Å². The summed E-state index contributed by atoms with van der Waals surface area (Å²) in [5.74, 6) is -1.15. The zero-order chi connectivity index (χ0) is 32.2. The second kappa shape index (κ2) is 21.4. The van der Waals surface area contributed by atoms with E-state index in [2.05, 4.69) is 11.7 Å². The zero-order valence-electron chi connectivity index (χ0n) is 28.3. The van der Waals surface area contributed by atoms with Gasteiger partial charge in [-0.3, -0.25) is 4.79 Å². The summed E-state index contributed by atoms with van der Waals surface area (Å²) < 4.78 is 4.48. The van der Waals surface area contributed by atoms with Crippen LogP contribution in [0, 0.1) is 0 Å². The number of aliphatic carboxylic acids is 1. The predicted octanol–water partition coefficient (Wildman–Crippen LogP) is 11.1. The molecule has 0 saturated heterocycles. The molecular weight excluding hydrogens is 528 g/mol. The molecule has 6 heteroatoms. The van der Waals surface area contributed by atoms with Crippen molar-refractivity contribution in [3.05, 3.63) is 28.8 Å². The summed E-state index contributed by atoms with van der Waals surface area (Å²) in [4.78, 5) is 21.4. The van der Waals surface area contributed by atoms with Crippen LogP contribution >= 0.6 is 0 Å². The molecule has 0 aliphatic carbocycles. The van der Waals surface area contributed by atoms with Crippen molar-refractivity contribution in [3.8, 4) is 5.75 Å². The van der Waals surface area contributed by atoms with Gasteiger partial charge in [-0.1, -0.05) is 157 Å². The van der Waals surface area contributed by atoms with Gasteiger partial charge in [0.25, 0.3) is 0 Å². The highest BCUT2D eigenvalue weighted by atomic mass is 16.7. The fraction of sp³-hybridized carbons (Fsp3) is 0.778. The van der Waals surface area contributed by atoms with Crippen molar-refractivity contribution < 1.29 is 29.6 Å². The number of hydrogen-bond donors (Lipinski definition) is 3. The molecule has 0 aliphatic heterocycles. The van der Waals surface area contributed by atoms with Crippen LogP contribution < -0.4 is 0 Å². The first-order valence-corrected chi connectivity index (χ1v) is 16.6. The molecule has 0 fully saturated rings. The number of phenols is 1. The molecule has 0 aromatic heterocycles. The van der Waals surface area contributed by atoms with Crippen molar-refractivity contribution >= 4 is 12.1 Å². The van der Waals surface area contributed by atoms with Crippen molar-refractivity contribution in [3.63, 3.8) is 0 Å². The number of ether oxygens (including phenoxy) is 1. The predicted molar refractivity (Wildman–Crippen MR) is 175 cm³/mol. The Morgan fingerprint density at radius 1 is 0.667 bits per heavy atom. The van der Waals surface area contributed by atoms with Gasteiger partial charge < -0.3 is 20.1 Å². The van der Waals surface area contributed by atoms with Gasteiger partial charge in [-0.05, 0) is 40.9 Å². The largest absolute Gasteiger partial charge is 0.507 e. The number of rotatable bonds is 19. The Morgan fingerprint density at radius 3 is 1.29 bits per heavy atom. The number of carbonyl (C=O) groups is 2. The average molecular weight is 593 g/mol. The van der Waals surface area contributed by atoms with Gasteiger partial charge >= 0.3 is 12.1 Å². The summed E-state index contributed by atoms with van der Waals surface area (Å²) in [6.45, 7) is 16.4. The van der Waals surface area contributed by atoms with E-state index >= 15 is 0 Å². The van der Waals surface area contributed by atoms with Crippen molar-refractivity contribution in [2.45, 2.75) is 175 Å². The van der Waals surface area contributed by atoms with Crippen LogP contribution in [0.25, 0.3) is 0 Å². The standard InChI is InChI=1S/C19H38O3.C17H26O3/c1-2-3-4-5-6-7-8-9-10-11-12-13-14-15-16-17-18-22-19(20)21;1-10(15(19)20)11-8-12(16(2,3)4)14(18)13(9-11)17(5,6)7/h2-18H2,1H3,(H,20,21);8-10,18H,1-7H3,(H,19,20). The first kappa shape index (κ1) is 39.8. The Kier molecular flexibility index (Phi) is 20.3. The SMILES string of the molecule is CC(C(=O)O)c1cc(C(C)(C)C)c(O)c(C(C)(C)C)c1.CCCCCCCCCCCCCCCCCCOC(=O)O. The van der Waals surface area contributed by atoms with E-state index < -0.39 is 18.0 Å². The van der Waals surface area contributed by atoms with Gasteiger partial charge in [-0.25, -0.2) is 4.79 Å². The number of unbranched alkanes of at least 4 members (excludes halogenated alkanes) is 15. The third-order valence-electron chi connectivity index (χ3n) is 7.84. The second-order valence-electron chi connectivity index (χ2n) is 13.9. The lowest BCUT2D eigenvalue weighted by molar-refractivity contribution is -0.138. The van der Waals surface area contributed by atoms with E-state index in [4.69, 9.17) is 5.11 Å². The van der Waals surface area contributed by atoms with E-state index in [1.54, 1.807) is 6.92 Å². The van der Waals surface area contributed by atoms with Crippen LogP contribution in [0.5, 0.6) is 5.75 Å². The summed E-state index contributed by atoms with van der Waals surface area (Å²) in [6.07, 6.45) is 20.1. The normalized spacial score (nSPS) is 12.4. The lowest BCUT2D eigenvalue weighted by atomic mass is 9.77. The molecule has 0 aliphatic rings. The molecular formula is C36H64O6. The molecule has 0 radical (unpaired) electrons. The van der Waals surface area contributed by atoms with E-state index in [0.717, 1.165) is 29.5 Å². The smallest absolute Gasteiger partial charge is 0.505 e. The van der Waals surface area contributed by atoms with E-state index in [0.29, 0.717) is 6.61 Å². The van der Waals surface area contributed by atoms with Crippen LogP contribution in [0.1, 0.15) is 181 Å². The number of carboxylic acid groups (broad SMARTS) is 2. The number of hydrogen-bond acceptors (Lipinski definition) is 4. The maximum Gasteiger partial charge on any atom is 0.505 e. The number of carboxylic acids is 1. The molecule has 0 heterocycles. The minimum absolute atomic E-state index is 0.238. The molecule has 42 heavy (non-hydrogen) atoms. The monoisotopic (exact) mass is 592 g/mol. The molecule has 0 saturated carbocycles. The second-order valence-corrected chi connectivity index (χ2v) is 13.9. The highest BCUT2D eigenvalue weighted by molar-refractivity contribution is 5.76. The van der Waals surface area contributed by atoms with Crippen LogP contribution in [0.15, 0.2) is 12.1 Å². The Bertz CT molecular complexity index is 843. The van der Waals surface area contributed by atoms with Gasteiger partial charge in [-0.15, -0.1) is 0 Å². The fourth-order valence-corrected chi connectivity index (χ4v) is 5.00. The third kappa shape index (κ3) is 18.3. The van der Waals surface area contributed by atoms with E-state index in [1.807, 2.05) is 53.7 Å². The molecule has 1 unspecified atom stereocenters. The highest BCUT2D eigenvalue weighted by Crippen LogP contribution is 2.41. The van der Waals surface area contributed by atoms with Crippen molar-refractivity contribution in [1.82, 2.24) is 0 Å². The lowest BCUT2D eigenvalue weighted by Gasteiger charge is -2.28. The first-order valence-electron chi connectivity index (χ1n) is 16.6. The van der Waals surface area contributed by atoms with E-state index in [1.165, 1.54) is 89.9 Å². The molecule has 0 spiro atoms. The van der Waals surface area contributed by atoms with Crippen molar-refractivity contribution in [2.24, 2.45) is 0 Å². The van der Waals surface area contributed by atoms with Crippen LogP contribution in [0.4, 0.5) is 4.79 Å². The molecule has 0 amide bonds. The van der Waals surface area contributed by atoms with Crippen LogP contribution in [0.2, 0.25) is 0 Å². The Labute approximate surface area is 257 Å². The van der Waals surface area contributed by atoms with E-state index in [9.17, 15) is 19.8 Å². The number of benzene rings is 1. The summed E-state index contributed by atoms with van der Waals surface area (Å²) in [7, 11) is 0. The topological polar surface area (TPSA) is 104 Å². The lowest BCUT2D eigenvalue weighted by Crippen LogP contribution is -2.19. The summed E-state index contributed by atoms with van der Waals surface area (Å²) in [6, 6.07) is 3.65. The van der Waals surface area contributed by atoms with Gasteiger partial charge in [0, 0.05) is 0 Å². The third-order valence-corrected chi connectivity index (χ3v) is 7.84. The van der Waals surface area contributed by atoms with Crippen molar-refractivity contribution in [2.75, 3.05) is 6.61 Å². The molecule has 1 rings (SSSR count). The van der Waals surface area contributed by atoms with Gasteiger partial charge in [0.1, 0.15) is 5.75 Å². The fourth-order valence-electron chi connectivity index (χ4n) is 5.00. The van der Waals surface area contributed by atoms with Gasteiger partial charge in [0.2, 0.25) is 0 Å².